The lowest BCUT2D eigenvalue weighted by Crippen LogP contribution is -2.30. The largest absolute Gasteiger partial charge is 0.496 e. The molecular weight excluding hydrogens is 394 g/mol. The van der Waals surface area contributed by atoms with Crippen molar-refractivity contribution in [2.75, 3.05) is 7.11 Å². The summed E-state index contributed by atoms with van der Waals surface area (Å²) in [7, 11) is -2.18. The quantitative estimate of drug-likeness (QED) is 0.546. The molecule has 3 aromatic rings. The molecule has 4 nitrogen and oxygen atoms in total. The van der Waals surface area contributed by atoms with E-state index in [1.807, 2.05) is 75.4 Å². The SMILES string of the molecule is COc1cc(C)c(S(=O)(=O)N[C@@H](c2ccccc2)c2cccc(C)c2)cc1C(C)C. The molecule has 0 bridgehead atoms. The van der Waals surface area contributed by atoms with Crippen molar-refractivity contribution in [3.05, 3.63) is 94.5 Å². The monoisotopic (exact) mass is 423 g/mol. The number of nitrogens with one attached hydrogen (secondary N) is 1. The van der Waals surface area contributed by atoms with Crippen LogP contribution in [-0.2, 0) is 10.0 Å². The van der Waals surface area contributed by atoms with Crippen LogP contribution < -0.4 is 9.46 Å². The van der Waals surface area contributed by atoms with E-state index in [9.17, 15) is 8.42 Å². The predicted molar refractivity (Wildman–Crippen MR) is 122 cm³/mol. The van der Waals surface area contributed by atoms with Crippen LogP contribution in [-0.4, -0.2) is 15.5 Å². The van der Waals surface area contributed by atoms with Crippen LogP contribution >= 0.6 is 0 Å². The summed E-state index contributed by atoms with van der Waals surface area (Å²) in [4.78, 5) is 0.278. The van der Waals surface area contributed by atoms with Crippen molar-refractivity contribution in [3.8, 4) is 5.75 Å². The van der Waals surface area contributed by atoms with Gasteiger partial charge in [-0.05, 0) is 54.2 Å². The normalized spacial score (nSPS) is 12.7. The molecule has 0 unspecified atom stereocenters. The lowest BCUT2D eigenvalue weighted by molar-refractivity contribution is 0.406. The second kappa shape index (κ2) is 9.02. The summed E-state index contributed by atoms with van der Waals surface area (Å²) < 4.78 is 35.5. The highest BCUT2D eigenvalue weighted by atomic mass is 32.2. The van der Waals surface area contributed by atoms with Gasteiger partial charge in [0.25, 0.3) is 0 Å². The zero-order valence-corrected chi connectivity index (χ0v) is 19.0. The van der Waals surface area contributed by atoms with Gasteiger partial charge >= 0.3 is 0 Å². The molecule has 0 fully saturated rings. The fourth-order valence-electron chi connectivity index (χ4n) is 3.64. The first kappa shape index (κ1) is 22.1. The minimum atomic E-state index is -3.79. The first-order chi connectivity index (χ1) is 14.2. The molecule has 0 saturated carbocycles. The summed E-state index contributed by atoms with van der Waals surface area (Å²) in [5.41, 5.74) is 4.40. The van der Waals surface area contributed by atoms with Gasteiger partial charge in [-0.25, -0.2) is 8.42 Å². The first-order valence-corrected chi connectivity index (χ1v) is 11.5. The number of hydrogen-bond donors (Lipinski definition) is 1. The van der Waals surface area contributed by atoms with Crippen LogP contribution in [0.4, 0.5) is 0 Å². The Morgan fingerprint density at radius 3 is 2.13 bits per heavy atom. The van der Waals surface area contributed by atoms with Crippen LogP contribution in [0, 0.1) is 13.8 Å². The van der Waals surface area contributed by atoms with Crippen LogP contribution in [0.25, 0.3) is 0 Å². The lowest BCUT2D eigenvalue weighted by Gasteiger charge is -2.22. The van der Waals surface area contributed by atoms with Crippen molar-refractivity contribution in [3.63, 3.8) is 0 Å². The minimum absolute atomic E-state index is 0.135. The summed E-state index contributed by atoms with van der Waals surface area (Å²) in [6, 6.07) is 20.6. The molecule has 1 atom stereocenters. The van der Waals surface area contributed by atoms with Crippen molar-refractivity contribution in [2.45, 2.75) is 44.6 Å². The van der Waals surface area contributed by atoms with E-state index in [0.717, 1.165) is 22.3 Å². The van der Waals surface area contributed by atoms with E-state index in [0.29, 0.717) is 11.3 Å². The highest BCUT2D eigenvalue weighted by Gasteiger charge is 2.26. The molecule has 30 heavy (non-hydrogen) atoms. The first-order valence-electron chi connectivity index (χ1n) is 10.1. The van der Waals surface area contributed by atoms with Crippen LogP contribution in [0.1, 0.15) is 53.6 Å². The van der Waals surface area contributed by atoms with E-state index in [1.165, 1.54) is 0 Å². The van der Waals surface area contributed by atoms with Gasteiger partial charge in [-0.1, -0.05) is 74.0 Å². The van der Waals surface area contributed by atoms with E-state index in [2.05, 4.69) is 4.72 Å². The Bertz CT molecular complexity index is 1120. The molecule has 5 heteroatoms. The maximum atomic E-state index is 13.5. The lowest BCUT2D eigenvalue weighted by atomic mass is 9.98. The van der Waals surface area contributed by atoms with Crippen LogP contribution in [0.2, 0.25) is 0 Å². The number of ether oxygens (including phenoxy) is 1. The number of aryl methyl sites for hydroxylation is 2. The smallest absolute Gasteiger partial charge is 0.241 e. The number of hydrogen-bond acceptors (Lipinski definition) is 3. The molecule has 0 spiro atoms. The third-order valence-corrected chi connectivity index (χ3v) is 6.79. The molecule has 0 aromatic heterocycles. The average molecular weight is 424 g/mol. The van der Waals surface area contributed by atoms with E-state index in [1.54, 1.807) is 26.2 Å². The summed E-state index contributed by atoms with van der Waals surface area (Å²) in [5, 5.41) is 0. The molecule has 0 aliphatic carbocycles. The molecular formula is C25H29NO3S. The van der Waals surface area contributed by atoms with Crippen LogP contribution in [0.5, 0.6) is 5.75 Å². The number of sulfonamides is 1. The molecule has 0 amide bonds. The summed E-state index contributed by atoms with van der Waals surface area (Å²) in [5.74, 6) is 0.843. The molecule has 3 rings (SSSR count). The fraction of sp³-hybridized carbons (Fsp3) is 0.280. The van der Waals surface area contributed by atoms with Gasteiger partial charge in [-0.2, -0.15) is 4.72 Å². The van der Waals surface area contributed by atoms with Gasteiger partial charge in [-0.3, -0.25) is 0 Å². The Labute approximate surface area is 180 Å². The molecule has 1 N–H and O–H groups in total. The Hall–Kier alpha value is -2.63. The molecule has 0 heterocycles. The second-order valence-corrected chi connectivity index (χ2v) is 9.58. The Balaban J connectivity index is 2.09. The van der Waals surface area contributed by atoms with Gasteiger partial charge in [-0.15, -0.1) is 0 Å². The average Bonchev–Trinajstić information content (AvgIpc) is 2.72. The fourth-order valence-corrected chi connectivity index (χ4v) is 5.11. The Morgan fingerprint density at radius 1 is 0.867 bits per heavy atom. The van der Waals surface area contributed by atoms with Crippen molar-refractivity contribution in [2.24, 2.45) is 0 Å². The third kappa shape index (κ3) is 4.74. The minimum Gasteiger partial charge on any atom is -0.496 e. The molecule has 0 aliphatic heterocycles. The number of benzene rings is 3. The molecule has 0 aliphatic rings. The van der Waals surface area contributed by atoms with E-state index in [4.69, 9.17) is 4.74 Å². The van der Waals surface area contributed by atoms with E-state index < -0.39 is 16.1 Å². The summed E-state index contributed by atoms with van der Waals surface area (Å²) in [6.07, 6.45) is 0. The number of methoxy groups -OCH3 is 1. The summed E-state index contributed by atoms with van der Waals surface area (Å²) in [6.45, 7) is 7.85. The maximum absolute atomic E-state index is 13.5. The van der Waals surface area contributed by atoms with Crippen molar-refractivity contribution in [1.29, 1.82) is 0 Å². The Kier molecular flexibility index (Phi) is 6.64. The highest BCUT2D eigenvalue weighted by Crippen LogP contribution is 2.33. The van der Waals surface area contributed by atoms with Crippen molar-refractivity contribution in [1.82, 2.24) is 4.72 Å². The van der Waals surface area contributed by atoms with Crippen LogP contribution in [0.3, 0.4) is 0 Å². The molecule has 0 radical (unpaired) electrons. The van der Waals surface area contributed by atoms with E-state index in [-0.39, 0.29) is 10.8 Å². The third-order valence-electron chi connectivity index (χ3n) is 5.22. The topological polar surface area (TPSA) is 55.4 Å². The van der Waals surface area contributed by atoms with E-state index >= 15 is 0 Å². The van der Waals surface area contributed by atoms with Gasteiger partial charge in [0.15, 0.2) is 0 Å². The summed E-state index contributed by atoms with van der Waals surface area (Å²) >= 11 is 0. The van der Waals surface area contributed by atoms with Gasteiger partial charge < -0.3 is 4.74 Å². The van der Waals surface area contributed by atoms with Gasteiger partial charge in [0.05, 0.1) is 18.0 Å². The zero-order valence-electron chi connectivity index (χ0n) is 18.1. The van der Waals surface area contributed by atoms with Crippen LogP contribution in [0.15, 0.2) is 71.6 Å². The second-order valence-electron chi connectivity index (χ2n) is 7.89. The van der Waals surface area contributed by atoms with Gasteiger partial charge in [0, 0.05) is 0 Å². The van der Waals surface area contributed by atoms with Crippen molar-refractivity contribution < 1.29 is 13.2 Å². The Morgan fingerprint density at radius 2 is 1.53 bits per heavy atom. The zero-order chi connectivity index (χ0) is 21.9. The number of rotatable bonds is 7. The van der Waals surface area contributed by atoms with Gasteiger partial charge in [0.1, 0.15) is 5.75 Å². The standard InChI is InChI=1S/C25H29NO3S/c1-17(2)22-16-24(19(4)15-23(22)29-5)30(27,28)26-25(20-11-7-6-8-12-20)21-13-9-10-18(3)14-21/h6-17,25-26H,1-5H3/t25-/m0/s1. The highest BCUT2D eigenvalue weighted by molar-refractivity contribution is 7.89. The predicted octanol–water partition coefficient (Wildman–Crippen LogP) is 5.50. The molecule has 3 aromatic carbocycles. The molecule has 158 valence electrons. The van der Waals surface area contributed by atoms with Crippen molar-refractivity contribution >= 4 is 10.0 Å². The molecule has 0 saturated heterocycles. The maximum Gasteiger partial charge on any atom is 0.241 e. The van der Waals surface area contributed by atoms with Gasteiger partial charge in [0.2, 0.25) is 10.0 Å².